The highest BCUT2D eigenvalue weighted by Crippen LogP contribution is 2.44. The van der Waals surface area contributed by atoms with E-state index < -0.39 is 11.7 Å². The number of carbonyl (C=O) groups excluding carboxylic acids is 1. The Kier molecular flexibility index (Phi) is 5.69. The molecule has 174 valence electrons. The third-order valence-electron chi connectivity index (χ3n) is 6.14. The van der Waals surface area contributed by atoms with Crippen LogP contribution in [0.3, 0.4) is 0 Å². The number of aromatic nitrogens is 1. The first-order valence-corrected chi connectivity index (χ1v) is 11.0. The summed E-state index contributed by atoms with van der Waals surface area (Å²) in [5, 5.41) is 18.9. The van der Waals surface area contributed by atoms with Crippen LogP contribution in [-0.4, -0.2) is 17.7 Å². The third kappa shape index (κ3) is 3.83. The van der Waals surface area contributed by atoms with E-state index in [0.717, 1.165) is 22.3 Å². The van der Waals surface area contributed by atoms with Crippen LogP contribution in [0, 0.1) is 22.7 Å². The van der Waals surface area contributed by atoms with Crippen LogP contribution in [0.4, 0.5) is 10.6 Å². The number of nitrogens with one attached hydrogen (secondary N) is 1. The number of anilines is 1. The average molecular weight is 474 g/mol. The number of nitrogens with zero attached hydrogens (tertiary/aromatic N) is 2. The van der Waals surface area contributed by atoms with Crippen molar-refractivity contribution in [3.8, 4) is 40.1 Å². The fourth-order valence-electron chi connectivity index (χ4n) is 4.54. The number of carbonyl (C=O) groups is 1. The van der Waals surface area contributed by atoms with Crippen molar-refractivity contribution in [2.75, 3.05) is 12.3 Å². The lowest BCUT2D eigenvalue weighted by Crippen LogP contribution is -2.16. The number of benzene rings is 3. The molecule has 1 aliphatic rings. The number of nitriles is 2. The molecule has 0 saturated heterocycles. The van der Waals surface area contributed by atoms with Gasteiger partial charge in [0.15, 0.2) is 0 Å². The van der Waals surface area contributed by atoms with E-state index >= 15 is 0 Å². The van der Waals surface area contributed by atoms with Crippen molar-refractivity contribution in [2.24, 2.45) is 0 Å². The summed E-state index contributed by atoms with van der Waals surface area (Å²) >= 11 is 0. The predicted molar refractivity (Wildman–Crippen MR) is 132 cm³/mol. The van der Waals surface area contributed by atoms with Crippen molar-refractivity contribution in [2.45, 2.75) is 5.92 Å². The van der Waals surface area contributed by atoms with Crippen LogP contribution in [0.25, 0.3) is 22.3 Å². The van der Waals surface area contributed by atoms with Gasteiger partial charge >= 0.3 is 6.16 Å². The standard InChI is InChI=1S/C28H18N4O4/c29-13-22-25(23(14-30)27(33)32-26(22)31)16-9-11-17(12-10-16)36-28(34)35-15-24-20-7-3-1-5-18(20)19-6-2-4-8-21(19)24/h1-12,24H,15H2,(H3,31,32,33). The van der Waals surface area contributed by atoms with E-state index in [1.54, 1.807) is 0 Å². The van der Waals surface area contributed by atoms with Crippen LogP contribution in [0.1, 0.15) is 28.2 Å². The normalized spacial score (nSPS) is 11.6. The van der Waals surface area contributed by atoms with Gasteiger partial charge in [-0.1, -0.05) is 60.7 Å². The lowest BCUT2D eigenvalue weighted by Gasteiger charge is -2.14. The summed E-state index contributed by atoms with van der Waals surface area (Å²) in [5.74, 6) is -0.0240. The molecule has 0 saturated carbocycles. The predicted octanol–water partition coefficient (Wildman–Crippen LogP) is 4.70. The van der Waals surface area contributed by atoms with Crippen LogP contribution >= 0.6 is 0 Å². The molecule has 3 N–H and O–H groups in total. The van der Waals surface area contributed by atoms with Gasteiger partial charge < -0.3 is 20.2 Å². The van der Waals surface area contributed by atoms with Gasteiger partial charge in [-0.2, -0.15) is 10.5 Å². The minimum absolute atomic E-state index is 0.0173. The van der Waals surface area contributed by atoms with Crippen molar-refractivity contribution < 1.29 is 14.3 Å². The molecule has 1 aliphatic carbocycles. The molecule has 0 aliphatic heterocycles. The molecule has 8 heteroatoms. The highest BCUT2D eigenvalue weighted by atomic mass is 16.7. The SMILES string of the molecule is N#Cc1c(N)[nH]c(=O)c(C#N)c1-c1ccc(OC(=O)OCC2c3ccccc3-c3ccccc32)cc1. The quantitative estimate of drug-likeness (QED) is 0.322. The number of aromatic amines is 1. The molecule has 36 heavy (non-hydrogen) atoms. The molecule has 0 atom stereocenters. The van der Waals surface area contributed by atoms with E-state index in [1.807, 2.05) is 48.5 Å². The number of rotatable bonds is 4. The summed E-state index contributed by atoms with van der Waals surface area (Å²) in [6.45, 7) is 0.119. The maximum absolute atomic E-state index is 12.4. The van der Waals surface area contributed by atoms with Gasteiger partial charge in [0.05, 0.1) is 0 Å². The molecule has 5 rings (SSSR count). The summed E-state index contributed by atoms with van der Waals surface area (Å²) < 4.78 is 10.8. The zero-order valence-electron chi connectivity index (χ0n) is 18.8. The highest BCUT2D eigenvalue weighted by Gasteiger charge is 2.29. The average Bonchev–Trinajstić information content (AvgIpc) is 3.21. The van der Waals surface area contributed by atoms with Gasteiger partial charge in [0.1, 0.15) is 41.4 Å². The van der Waals surface area contributed by atoms with Gasteiger partial charge in [-0.25, -0.2) is 4.79 Å². The summed E-state index contributed by atoms with van der Waals surface area (Å²) in [6, 6.07) is 25.8. The Morgan fingerprint density at radius 3 is 2.06 bits per heavy atom. The number of hydrogen-bond acceptors (Lipinski definition) is 7. The molecule has 1 aromatic heterocycles. The Hall–Kier alpha value is -5.34. The third-order valence-corrected chi connectivity index (χ3v) is 6.14. The summed E-state index contributed by atoms with van der Waals surface area (Å²) in [4.78, 5) is 26.9. The molecule has 0 unspecified atom stereocenters. The van der Waals surface area contributed by atoms with E-state index in [1.165, 1.54) is 24.3 Å². The van der Waals surface area contributed by atoms with Crippen LogP contribution in [-0.2, 0) is 4.74 Å². The molecular weight excluding hydrogens is 456 g/mol. The van der Waals surface area contributed by atoms with Crippen molar-refractivity contribution >= 4 is 12.0 Å². The van der Waals surface area contributed by atoms with Crippen molar-refractivity contribution in [3.63, 3.8) is 0 Å². The maximum atomic E-state index is 12.4. The molecule has 0 spiro atoms. The maximum Gasteiger partial charge on any atom is 0.513 e. The van der Waals surface area contributed by atoms with Crippen LogP contribution in [0.2, 0.25) is 0 Å². The Morgan fingerprint density at radius 1 is 0.889 bits per heavy atom. The molecule has 0 amide bonds. The summed E-state index contributed by atoms with van der Waals surface area (Å²) in [7, 11) is 0. The fraction of sp³-hybridized carbons (Fsp3) is 0.0714. The Morgan fingerprint density at radius 2 is 1.47 bits per heavy atom. The lowest BCUT2D eigenvalue weighted by molar-refractivity contribution is 0.0965. The first-order valence-electron chi connectivity index (χ1n) is 11.0. The van der Waals surface area contributed by atoms with E-state index in [0.29, 0.717) is 5.56 Å². The molecule has 0 bridgehead atoms. The van der Waals surface area contributed by atoms with E-state index in [4.69, 9.17) is 15.2 Å². The largest absolute Gasteiger partial charge is 0.513 e. The van der Waals surface area contributed by atoms with Crippen LogP contribution in [0.15, 0.2) is 77.6 Å². The Balaban J connectivity index is 1.32. The number of nitrogens with two attached hydrogens (primary N) is 1. The van der Waals surface area contributed by atoms with E-state index in [2.05, 4.69) is 17.1 Å². The second-order valence-corrected chi connectivity index (χ2v) is 8.13. The second kappa shape index (κ2) is 9.13. The minimum atomic E-state index is -0.861. The molecule has 0 fully saturated rings. The van der Waals surface area contributed by atoms with Gasteiger partial charge in [0.2, 0.25) is 0 Å². The number of hydrogen-bond donors (Lipinski definition) is 2. The van der Waals surface area contributed by atoms with Gasteiger partial charge in [-0.3, -0.25) is 4.79 Å². The van der Waals surface area contributed by atoms with Crippen LogP contribution < -0.4 is 16.0 Å². The number of pyridine rings is 1. The van der Waals surface area contributed by atoms with Gasteiger partial charge in [0.25, 0.3) is 5.56 Å². The molecule has 4 aromatic rings. The number of fused-ring (bicyclic) bond motifs is 3. The van der Waals surface area contributed by atoms with E-state index in [-0.39, 0.29) is 40.8 Å². The second-order valence-electron chi connectivity index (χ2n) is 8.13. The zero-order chi connectivity index (χ0) is 25.2. The monoisotopic (exact) mass is 474 g/mol. The number of ether oxygens (including phenoxy) is 2. The first kappa shape index (κ1) is 22.5. The number of nitrogen functional groups attached to an aromatic ring is 1. The van der Waals surface area contributed by atoms with Gasteiger partial charge in [-0.05, 0) is 39.9 Å². The molecule has 3 aromatic carbocycles. The highest BCUT2D eigenvalue weighted by molar-refractivity contribution is 5.81. The van der Waals surface area contributed by atoms with Crippen molar-refractivity contribution in [1.82, 2.24) is 4.98 Å². The Bertz CT molecular complexity index is 1600. The number of H-pyrrole nitrogens is 1. The first-order chi connectivity index (χ1) is 17.5. The van der Waals surface area contributed by atoms with Gasteiger partial charge in [0, 0.05) is 11.5 Å². The summed E-state index contributed by atoms with van der Waals surface area (Å²) in [5.41, 5.74) is 9.78. The smallest absolute Gasteiger partial charge is 0.433 e. The molecule has 0 radical (unpaired) electrons. The lowest BCUT2D eigenvalue weighted by atomic mass is 9.97. The molecule has 1 heterocycles. The fourth-order valence-corrected chi connectivity index (χ4v) is 4.54. The van der Waals surface area contributed by atoms with E-state index in [9.17, 15) is 20.1 Å². The van der Waals surface area contributed by atoms with Crippen molar-refractivity contribution in [1.29, 1.82) is 10.5 Å². The summed E-state index contributed by atoms with van der Waals surface area (Å²) in [6.07, 6.45) is -0.861. The molecule has 8 nitrogen and oxygen atoms in total. The molecular formula is C28H18N4O4. The topological polar surface area (TPSA) is 142 Å². The van der Waals surface area contributed by atoms with Crippen LogP contribution in [0.5, 0.6) is 5.75 Å². The Labute approximate surface area is 205 Å². The zero-order valence-corrected chi connectivity index (χ0v) is 18.8. The van der Waals surface area contributed by atoms with Gasteiger partial charge in [-0.15, -0.1) is 0 Å². The van der Waals surface area contributed by atoms with Crippen molar-refractivity contribution in [3.05, 3.63) is 105 Å². The minimum Gasteiger partial charge on any atom is -0.433 e.